The molecule has 0 fully saturated rings. The second kappa shape index (κ2) is 5.31. The minimum absolute atomic E-state index is 0.235. The molecule has 0 saturated heterocycles. The Bertz CT molecular complexity index is 537. The lowest BCUT2D eigenvalue weighted by Crippen LogP contribution is -2.07. The molecule has 2 aromatic rings. The fraction of sp³-hybridized carbons (Fsp3) is 0.308. The van der Waals surface area contributed by atoms with Crippen molar-refractivity contribution < 1.29 is 4.74 Å². The molecule has 2 N–H and O–H groups in total. The Morgan fingerprint density at radius 1 is 1.39 bits per heavy atom. The van der Waals surface area contributed by atoms with E-state index in [1.165, 1.54) is 0 Å². The molecule has 0 amide bonds. The van der Waals surface area contributed by atoms with E-state index in [4.69, 9.17) is 22.1 Å². The van der Waals surface area contributed by atoms with Crippen molar-refractivity contribution in [2.45, 2.75) is 26.5 Å². The third kappa shape index (κ3) is 2.76. The van der Waals surface area contributed by atoms with Gasteiger partial charge in [-0.3, -0.25) is 0 Å². The number of rotatable bonds is 4. The van der Waals surface area contributed by atoms with Crippen molar-refractivity contribution in [2.24, 2.45) is 0 Å². The summed E-state index contributed by atoms with van der Waals surface area (Å²) in [6, 6.07) is 9.40. The van der Waals surface area contributed by atoms with E-state index in [-0.39, 0.29) is 6.04 Å². The first-order valence-corrected chi connectivity index (χ1v) is 6.17. The van der Waals surface area contributed by atoms with Gasteiger partial charge in [-0.15, -0.1) is 0 Å². The van der Waals surface area contributed by atoms with Crippen LogP contribution in [0.4, 0.5) is 5.82 Å². The molecule has 0 aliphatic heterocycles. The van der Waals surface area contributed by atoms with Crippen molar-refractivity contribution >= 4 is 17.4 Å². The maximum Gasteiger partial charge on any atom is 0.138 e. The van der Waals surface area contributed by atoms with Gasteiger partial charge in [-0.2, -0.15) is 5.10 Å². The van der Waals surface area contributed by atoms with Crippen LogP contribution in [0.2, 0.25) is 5.02 Å². The Morgan fingerprint density at radius 3 is 2.72 bits per heavy atom. The highest BCUT2D eigenvalue weighted by molar-refractivity contribution is 6.32. The Labute approximate surface area is 111 Å². The highest BCUT2D eigenvalue weighted by atomic mass is 35.5. The quantitative estimate of drug-likeness (QED) is 0.923. The molecular weight excluding hydrogens is 250 g/mol. The standard InChI is InChI=1S/C13H16ClN3O/c1-9(2)17-13(15)7-10(16-17)8-18-12-6-4-3-5-11(12)14/h3-7,9H,8,15H2,1-2H3. The van der Waals surface area contributed by atoms with Crippen LogP contribution in [0, 0.1) is 0 Å². The molecule has 0 bridgehead atoms. The summed E-state index contributed by atoms with van der Waals surface area (Å²) in [7, 11) is 0. The van der Waals surface area contributed by atoms with Gasteiger partial charge in [0, 0.05) is 12.1 Å². The van der Waals surface area contributed by atoms with Crippen LogP contribution >= 0.6 is 11.6 Å². The largest absolute Gasteiger partial charge is 0.486 e. The summed E-state index contributed by atoms with van der Waals surface area (Å²) in [5, 5.41) is 4.97. The molecular formula is C13H16ClN3O. The van der Waals surface area contributed by atoms with E-state index in [1.807, 2.05) is 38.1 Å². The number of aromatic nitrogens is 2. The maximum absolute atomic E-state index is 6.00. The highest BCUT2D eigenvalue weighted by Crippen LogP contribution is 2.24. The minimum Gasteiger partial charge on any atom is -0.486 e. The first kappa shape index (κ1) is 12.8. The summed E-state index contributed by atoms with van der Waals surface area (Å²) in [6.45, 7) is 4.41. The van der Waals surface area contributed by atoms with Crippen molar-refractivity contribution in [1.29, 1.82) is 0 Å². The van der Waals surface area contributed by atoms with E-state index >= 15 is 0 Å². The van der Waals surface area contributed by atoms with Gasteiger partial charge in [0.1, 0.15) is 23.9 Å². The number of halogens is 1. The maximum atomic E-state index is 6.00. The van der Waals surface area contributed by atoms with E-state index in [1.54, 1.807) is 10.7 Å². The monoisotopic (exact) mass is 265 g/mol. The number of hydrogen-bond donors (Lipinski definition) is 1. The number of anilines is 1. The van der Waals surface area contributed by atoms with Crippen LogP contribution in [0.15, 0.2) is 30.3 Å². The zero-order valence-electron chi connectivity index (χ0n) is 10.4. The fourth-order valence-corrected chi connectivity index (χ4v) is 1.85. The first-order valence-electron chi connectivity index (χ1n) is 5.79. The number of hydrogen-bond acceptors (Lipinski definition) is 3. The molecule has 5 heteroatoms. The molecule has 18 heavy (non-hydrogen) atoms. The van der Waals surface area contributed by atoms with E-state index in [9.17, 15) is 0 Å². The fourth-order valence-electron chi connectivity index (χ4n) is 1.66. The molecule has 0 aliphatic carbocycles. The molecule has 1 heterocycles. The number of nitrogen functional groups attached to an aromatic ring is 1. The summed E-state index contributed by atoms with van der Waals surface area (Å²) < 4.78 is 7.38. The minimum atomic E-state index is 0.235. The lowest BCUT2D eigenvalue weighted by molar-refractivity contribution is 0.299. The van der Waals surface area contributed by atoms with Gasteiger partial charge in [0.05, 0.1) is 5.02 Å². The van der Waals surface area contributed by atoms with Gasteiger partial charge in [-0.05, 0) is 26.0 Å². The van der Waals surface area contributed by atoms with Crippen molar-refractivity contribution in [3.63, 3.8) is 0 Å². The molecule has 0 spiro atoms. The van der Waals surface area contributed by atoms with Crippen molar-refractivity contribution in [2.75, 3.05) is 5.73 Å². The summed E-state index contributed by atoms with van der Waals surface area (Å²) in [6.07, 6.45) is 0. The second-order valence-electron chi connectivity index (χ2n) is 4.32. The number of benzene rings is 1. The molecule has 4 nitrogen and oxygen atoms in total. The van der Waals surface area contributed by atoms with E-state index in [0.29, 0.717) is 23.2 Å². The molecule has 1 aromatic heterocycles. The van der Waals surface area contributed by atoms with Gasteiger partial charge in [0.25, 0.3) is 0 Å². The molecule has 0 saturated carbocycles. The summed E-state index contributed by atoms with van der Waals surface area (Å²) >= 11 is 6.00. The predicted molar refractivity (Wildman–Crippen MR) is 72.8 cm³/mol. The van der Waals surface area contributed by atoms with Crippen LogP contribution in [0.5, 0.6) is 5.75 Å². The van der Waals surface area contributed by atoms with Gasteiger partial charge < -0.3 is 10.5 Å². The zero-order chi connectivity index (χ0) is 13.1. The topological polar surface area (TPSA) is 53.1 Å². The van der Waals surface area contributed by atoms with Crippen LogP contribution in [0.25, 0.3) is 0 Å². The second-order valence-corrected chi connectivity index (χ2v) is 4.73. The van der Waals surface area contributed by atoms with Gasteiger partial charge in [-0.1, -0.05) is 23.7 Å². The summed E-state index contributed by atoms with van der Waals surface area (Å²) in [5.41, 5.74) is 6.65. The van der Waals surface area contributed by atoms with E-state index in [2.05, 4.69) is 5.10 Å². The zero-order valence-corrected chi connectivity index (χ0v) is 11.2. The lowest BCUT2D eigenvalue weighted by atomic mass is 10.3. The third-order valence-electron chi connectivity index (χ3n) is 2.52. The smallest absolute Gasteiger partial charge is 0.138 e. The van der Waals surface area contributed by atoms with Crippen LogP contribution in [-0.2, 0) is 6.61 Å². The average Bonchev–Trinajstić information content (AvgIpc) is 2.70. The summed E-state index contributed by atoms with van der Waals surface area (Å²) in [4.78, 5) is 0. The van der Waals surface area contributed by atoms with Crippen LogP contribution in [0.1, 0.15) is 25.6 Å². The summed E-state index contributed by atoms with van der Waals surface area (Å²) in [5.74, 6) is 1.29. The van der Waals surface area contributed by atoms with Crippen LogP contribution in [-0.4, -0.2) is 9.78 Å². The third-order valence-corrected chi connectivity index (χ3v) is 2.83. The van der Waals surface area contributed by atoms with E-state index in [0.717, 1.165) is 5.69 Å². The normalized spacial score (nSPS) is 10.9. The molecule has 96 valence electrons. The molecule has 0 atom stereocenters. The van der Waals surface area contributed by atoms with Crippen LogP contribution < -0.4 is 10.5 Å². The molecule has 0 unspecified atom stereocenters. The molecule has 0 aliphatic rings. The van der Waals surface area contributed by atoms with Crippen molar-refractivity contribution in [3.8, 4) is 5.75 Å². The first-order chi connectivity index (χ1) is 8.58. The SMILES string of the molecule is CC(C)n1nc(COc2ccccc2Cl)cc1N. The number of nitrogens with zero attached hydrogens (tertiary/aromatic N) is 2. The highest BCUT2D eigenvalue weighted by Gasteiger charge is 2.08. The Kier molecular flexibility index (Phi) is 3.77. The Hall–Kier alpha value is -1.68. The number of ether oxygens (including phenoxy) is 1. The van der Waals surface area contributed by atoms with Crippen LogP contribution in [0.3, 0.4) is 0 Å². The average molecular weight is 266 g/mol. The van der Waals surface area contributed by atoms with E-state index < -0.39 is 0 Å². The number of nitrogens with two attached hydrogens (primary N) is 1. The number of para-hydroxylation sites is 1. The molecule has 1 aromatic carbocycles. The van der Waals surface area contributed by atoms with Gasteiger partial charge in [0.15, 0.2) is 0 Å². The van der Waals surface area contributed by atoms with Gasteiger partial charge >= 0.3 is 0 Å². The van der Waals surface area contributed by atoms with Gasteiger partial charge in [-0.25, -0.2) is 4.68 Å². The van der Waals surface area contributed by atoms with Gasteiger partial charge in [0.2, 0.25) is 0 Å². The van der Waals surface area contributed by atoms with Crippen molar-refractivity contribution in [1.82, 2.24) is 9.78 Å². The molecule has 0 radical (unpaired) electrons. The Balaban J connectivity index is 2.07. The lowest BCUT2D eigenvalue weighted by Gasteiger charge is -2.07. The Morgan fingerprint density at radius 2 is 2.11 bits per heavy atom. The van der Waals surface area contributed by atoms with Crippen molar-refractivity contribution in [3.05, 3.63) is 41.0 Å². The molecule has 2 rings (SSSR count). The predicted octanol–water partition coefficient (Wildman–Crippen LogP) is 3.28.